The van der Waals surface area contributed by atoms with E-state index in [1.165, 1.54) is 19.1 Å². The van der Waals surface area contributed by atoms with Crippen molar-refractivity contribution in [2.45, 2.75) is 76.4 Å². The first kappa shape index (κ1) is 28.9. The number of halogens is 2. The van der Waals surface area contributed by atoms with Crippen molar-refractivity contribution in [2.24, 2.45) is 28.6 Å². The summed E-state index contributed by atoms with van der Waals surface area (Å²) in [5, 5.41) is 38.1. The number of carbonyl (C=O) groups excluding carboxylic acids is 3. The first-order valence-electron chi connectivity index (χ1n) is 12.8. The van der Waals surface area contributed by atoms with Crippen LogP contribution in [0.2, 0.25) is 0 Å². The van der Waals surface area contributed by atoms with Crippen molar-refractivity contribution < 1.29 is 53.4 Å². The van der Waals surface area contributed by atoms with E-state index >= 15 is 8.78 Å². The summed E-state index contributed by atoms with van der Waals surface area (Å²) in [6.45, 7) is 3.53. The minimum Gasteiger partial charge on any atom is -0.450 e. The van der Waals surface area contributed by atoms with Gasteiger partial charge in [0.15, 0.2) is 17.1 Å². The highest BCUT2D eigenvalue weighted by Gasteiger charge is 2.78. The van der Waals surface area contributed by atoms with Crippen LogP contribution in [0.3, 0.4) is 0 Å². The SMILES string of the molecule is C[C@@H]1CC2C3C[C@H](F)C4=CC(=O)C=C[C@]4(C)[C@@]3(F)[C@@H](O)C[C@]2(C)[C@@]1(OC(=O)CCCON(O)O)C(=O)CO. The predicted molar refractivity (Wildman–Crippen MR) is 125 cm³/mol. The zero-order valence-electron chi connectivity index (χ0n) is 21.6. The zero-order chi connectivity index (χ0) is 28.3. The van der Waals surface area contributed by atoms with Gasteiger partial charge in [-0.25, -0.2) is 8.78 Å². The van der Waals surface area contributed by atoms with Gasteiger partial charge in [-0.2, -0.15) is 0 Å². The molecule has 3 fully saturated rings. The molecule has 0 aromatic rings. The molecule has 0 saturated heterocycles. The quantitative estimate of drug-likeness (QED) is 0.203. The highest BCUT2D eigenvalue weighted by Crippen LogP contribution is 2.71. The molecule has 4 aliphatic carbocycles. The Morgan fingerprint density at radius 1 is 1.21 bits per heavy atom. The standard InChI is InChI=1S/C26H35F2NO9/c1-14-9-16-17-11-19(27)18-10-15(31)6-7-23(18,2)25(17,28)20(32)12-24(16,3)26(14,21(33)13-30)38-22(34)5-4-8-37-29(35)36/h6-7,10,14,16-17,19-20,30,32,35-36H,4-5,8-9,11-13H2,1-3H3/t14-,16?,17?,19+,20+,23+,24+,25+,26+/m1/s1. The number of rotatable bonds is 8. The normalized spacial score (nSPS) is 43.8. The fourth-order valence-electron chi connectivity index (χ4n) is 8.10. The number of aliphatic hydroxyl groups is 2. The van der Waals surface area contributed by atoms with Gasteiger partial charge in [0.1, 0.15) is 12.8 Å². The first-order valence-corrected chi connectivity index (χ1v) is 12.8. The fourth-order valence-corrected chi connectivity index (χ4v) is 8.10. The van der Waals surface area contributed by atoms with Gasteiger partial charge in [0.2, 0.25) is 5.78 Å². The maximum absolute atomic E-state index is 17.3. The Labute approximate surface area is 218 Å². The molecule has 0 aromatic heterocycles. The van der Waals surface area contributed by atoms with Crippen LogP contribution in [0.4, 0.5) is 8.78 Å². The van der Waals surface area contributed by atoms with Gasteiger partial charge in [-0.05, 0) is 56.3 Å². The lowest BCUT2D eigenvalue weighted by molar-refractivity contribution is -0.492. The van der Waals surface area contributed by atoms with Crippen molar-refractivity contribution in [3.8, 4) is 0 Å². The predicted octanol–water partition coefficient (Wildman–Crippen LogP) is 2.19. The van der Waals surface area contributed by atoms with E-state index in [0.29, 0.717) is 0 Å². The molecule has 0 radical (unpaired) electrons. The van der Waals surface area contributed by atoms with E-state index in [2.05, 4.69) is 4.84 Å². The molecule has 0 aliphatic heterocycles. The van der Waals surface area contributed by atoms with Crippen molar-refractivity contribution in [1.29, 1.82) is 0 Å². The molecule has 9 atom stereocenters. The van der Waals surface area contributed by atoms with E-state index in [1.807, 2.05) is 0 Å². The van der Waals surface area contributed by atoms with Gasteiger partial charge in [0.05, 0.1) is 18.1 Å². The molecule has 10 nitrogen and oxygen atoms in total. The average molecular weight is 544 g/mol. The Morgan fingerprint density at radius 2 is 1.89 bits per heavy atom. The van der Waals surface area contributed by atoms with Crippen LogP contribution in [0.1, 0.15) is 52.9 Å². The summed E-state index contributed by atoms with van der Waals surface area (Å²) in [4.78, 5) is 42.7. The Balaban J connectivity index is 1.72. The number of aliphatic hydroxyl groups excluding tert-OH is 2. The van der Waals surface area contributed by atoms with Gasteiger partial charge in [-0.15, -0.1) is 0 Å². The highest BCUT2D eigenvalue weighted by molar-refractivity contribution is 6.01. The number of esters is 1. The van der Waals surface area contributed by atoms with Crippen LogP contribution in [0.5, 0.6) is 0 Å². The van der Waals surface area contributed by atoms with Gasteiger partial charge in [0.25, 0.3) is 0 Å². The van der Waals surface area contributed by atoms with Crippen molar-refractivity contribution in [2.75, 3.05) is 13.2 Å². The maximum Gasteiger partial charge on any atom is 0.306 e. The zero-order valence-corrected chi connectivity index (χ0v) is 21.6. The number of hydrogen-bond donors (Lipinski definition) is 4. The molecule has 12 heteroatoms. The Hall–Kier alpha value is -2.09. The highest BCUT2D eigenvalue weighted by atomic mass is 19.1. The van der Waals surface area contributed by atoms with Crippen LogP contribution in [0.15, 0.2) is 23.8 Å². The van der Waals surface area contributed by atoms with Crippen molar-refractivity contribution in [3.63, 3.8) is 0 Å². The minimum atomic E-state index is -2.36. The third-order valence-corrected chi connectivity index (χ3v) is 9.73. The molecule has 0 amide bonds. The number of alkyl halides is 2. The lowest BCUT2D eigenvalue weighted by Gasteiger charge is -2.63. The lowest BCUT2D eigenvalue weighted by Crippen LogP contribution is -2.71. The largest absolute Gasteiger partial charge is 0.450 e. The van der Waals surface area contributed by atoms with Gasteiger partial charge < -0.3 is 14.9 Å². The summed E-state index contributed by atoms with van der Waals surface area (Å²) in [5.74, 6) is -4.54. The van der Waals surface area contributed by atoms with E-state index < -0.39 is 81.7 Å². The van der Waals surface area contributed by atoms with E-state index in [1.54, 1.807) is 13.8 Å². The second kappa shape index (κ2) is 9.83. The van der Waals surface area contributed by atoms with E-state index in [4.69, 9.17) is 15.2 Å². The molecule has 4 rings (SSSR count). The Bertz CT molecular complexity index is 1070. The van der Waals surface area contributed by atoms with Crippen LogP contribution in [0, 0.1) is 28.6 Å². The van der Waals surface area contributed by atoms with Crippen molar-refractivity contribution in [1.82, 2.24) is 5.39 Å². The number of fused-ring (bicyclic) bond motifs is 5. The summed E-state index contributed by atoms with van der Waals surface area (Å²) in [6.07, 6.45) is -0.467. The molecule has 3 saturated carbocycles. The molecule has 4 N–H and O–H groups in total. The molecule has 0 spiro atoms. The number of nitrogens with zero attached hydrogens (tertiary/aromatic N) is 1. The summed E-state index contributed by atoms with van der Waals surface area (Å²) in [6, 6.07) is 0. The second-order valence-corrected chi connectivity index (χ2v) is 11.5. The molecular weight excluding hydrogens is 508 g/mol. The van der Waals surface area contributed by atoms with Crippen LogP contribution >= 0.6 is 0 Å². The second-order valence-electron chi connectivity index (χ2n) is 11.5. The molecule has 0 heterocycles. The summed E-state index contributed by atoms with van der Waals surface area (Å²) >= 11 is 0. The van der Waals surface area contributed by atoms with Crippen molar-refractivity contribution in [3.05, 3.63) is 23.8 Å². The lowest BCUT2D eigenvalue weighted by atomic mass is 9.44. The number of ether oxygens (including phenoxy) is 1. The summed E-state index contributed by atoms with van der Waals surface area (Å²) in [7, 11) is 0. The van der Waals surface area contributed by atoms with E-state index in [-0.39, 0.29) is 44.3 Å². The van der Waals surface area contributed by atoms with Gasteiger partial charge in [-0.3, -0.25) is 29.6 Å². The first-order chi connectivity index (χ1) is 17.7. The topological polar surface area (TPSA) is 154 Å². The number of allylic oxidation sites excluding steroid dienone is 4. The monoisotopic (exact) mass is 543 g/mol. The van der Waals surface area contributed by atoms with Crippen LogP contribution in [-0.4, -0.2) is 80.3 Å². The van der Waals surface area contributed by atoms with Gasteiger partial charge in [0, 0.05) is 29.1 Å². The average Bonchev–Trinajstić information content (AvgIpc) is 3.06. The maximum atomic E-state index is 17.3. The number of carbonyl (C=O) groups is 3. The number of Topliss-reactive ketones (excluding diaryl/α,β-unsaturated/α-hetero) is 1. The molecule has 4 aliphatic rings. The van der Waals surface area contributed by atoms with E-state index in [0.717, 1.165) is 6.08 Å². The molecule has 2 unspecified atom stereocenters. The van der Waals surface area contributed by atoms with Crippen LogP contribution < -0.4 is 0 Å². The Morgan fingerprint density at radius 3 is 2.53 bits per heavy atom. The van der Waals surface area contributed by atoms with Crippen molar-refractivity contribution >= 4 is 17.5 Å². The molecule has 0 aromatic carbocycles. The van der Waals surface area contributed by atoms with Gasteiger partial charge in [-0.1, -0.05) is 19.9 Å². The van der Waals surface area contributed by atoms with Gasteiger partial charge >= 0.3 is 5.97 Å². The summed E-state index contributed by atoms with van der Waals surface area (Å²) in [5.41, 5.74) is -7.22. The molecule has 38 heavy (non-hydrogen) atoms. The molecule has 0 bridgehead atoms. The summed E-state index contributed by atoms with van der Waals surface area (Å²) < 4.78 is 38.7. The van der Waals surface area contributed by atoms with Crippen LogP contribution in [-0.2, 0) is 24.0 Å². The number of hydrogen-bond acceptors (Lipinski definition) is 10. The molecular formula is C26H35F2NO9. The Kier molecular flexibility index (Phi) is 7.48. The fraction of sp³-hybridized carbons (Fsp3) is 0.731. The third-order valence-electron chi connectivity index (χ3n) is 9.73. The van der Waals surface area contributed by atoms with E-state index in [9.17, 15) is 24.6 Å². The molecule has 212 valence electrons. The third kappa shape index (κ3) is 3.91. The number of ketones is 2. The van der Waals surface area contributed by atoms with Crippen LogP contribution in [0.25, 0.3) is 0 Å². The smallest absolute Gasteiger partial charge is 0.306 e. The minimum absolute atomic E-state index is 0.00919.